The number of hydrogen-bond acceptors (Lipinski definition) is 6. The van der Waals surface area contributed by atoms with Gasteiger partial charge >= 0.3 is 47.6 Å². The highest BCUT2D eigenvalue weighted by Crippen LogP contribution is 2.64. The van der Waals surface area contributed by atoms with E-state index in [1.54, 1.807) is 0 Å². The summed E-state index contributed by atoms with van der Waals surface area (Å²) in [5.74, 6) is -56.5. The van der Waals surface area contributed by atoms with Gasteiger partial charge < -0.3 is 27.9 Å². The second kappa shape index (κ2) is 29.9. The number of alkyl halides is 17. The first kappa shape index (κ1) is 66.5. The molecule has 1 unspecified atom stereocenters. The molecule has 0 spiro atoms. The Labute approximate surface area is 389 Å². The SMILES string of the molecule is CCCCCCCCCCCCCCCCO[C@@H](COCCCCCCCCC/C=C/C(F)(F)C(F)(F)C(F)(F)C(F)(F)C(F)(F)C(F)(F)C(F)(F)C(F)(F)F)COP(=O)([O-])OCC[N+](C)(C)C. The van der Waals surface area contributed by atoms with Crippen molar-refractivity contribution in [3.8, 4) is 0 Å². The van der Waals surface area contributed by atoms with Gasteiger partial charge in [0, 0.05) is 13.2 Å². The normalized spacial score (nSPS) is 15.7. The number of nitrogens with zero attached hydrogens (tertiary/aromatic N) is 1. The van der Waals surface area contributed by atoms with E-state index in [0.29, 0.717) is 49.7 Å². The molecule has 0 amide bonds. The van der Waals surface area contributed by atoms with Crippen LogP contribution in [0.2, 0.25) is 0 Å². The predicted molar refractivity (Wildman–Crippen MR) is 220 cm³/mol. The molecule has 0 fully saturated rings. The summed E-state index contributed by atoms with van der Waals surface area (Å²) in [6, 6.07) is 0. The Morgan fingerprint density at radius 1 is 0.485 bits per heavy atom. The molecule has 408 valence electrons. The fourth-order valence-electron chi connectivity index (χ4n) is 6.41. The summed E-state index contributed by atoms with van der Waals surface area (Å²) in [6.07, 6.45) is 9.14. The van der Waals surface area contributed by atoms with Crippen LogP contribution in [0.15, 0.2) is 12.2 Å². The van der Waals surface area contributed by atoms with Crippen molar-refractivity contribution in [2.45, 2.75) is 202 Å². The van der Waals surface area contributed by atoms with Gasteiger partial charge in [0.2, 0.25) is 0 Å². The molecule has 0 aromatic rings. The van der Waals surface area contributed by atoms with Gasteiger partial charge in [0.1, 0.15) is 19.3 Å². The molecule has 7 nitrogen and oxygen atoms in total. The van der Waals surface area contributed by atoms with E-state index >= 15 is 0 Å². The number of quaternary nitrogens is 1. The highest BCUT2D eigenvalue weighted by atomic mass is 31.2. The summed E-state index contributed by atoms with van der Waals surface area (Å²) < 4.78 is 263. The molecule has 0 radical (unpaired) electrons. The molecule has 0 N–H and O–H groups in total. The van der Waals surface area contributed by atoms with Gasteiger partial charge in [-0.25, -0.2) is 0 Å². The van der Waals surface area contributed by atoms with Gasteiger partial charge in [0.05, 0.1) is 34.4 Å². The second-order valence-corrected chi connectivity index (χ2v) is 19.4. The number of hydrogen-bond donors (Lipinski definition) is 0. The average Bonchev–Trinajstić information content (AvgIpc) is 3.21. The molecule has 0 aromatic heterocycles. The molecule has 0 aliphatic heterocycles. The maximum Gasteiger partial charge on any atom is 0.460 e. The van der Waals surface area contributed by atoms with Crippen LogP contribution in [0.1, 0.15) is 148 Å². The van der Waals surface area contributed by atoms with Gasteiger partial charge in [-0.15, -0.1) is 0 Å². The molecule has 0 aliphatic rings. The smallest absolute Gasteiger partial charge is 0.460 e. The van der Waals surface area contributed by atoms with Crippen LogP contribution in [-0.4, -0.2) is 119 Å². The minimum Gasteiger partial charge on any atom is -0.756 e. The van der Waals surface area contributed by atoms with Gasteiger partial charge in [-0.05, 0) is 31.8 Å². The average molecular weight is 1050 g/mol. The van der Waals surface area contributed by atoms with E-state index in [-0.39, 0.29) is 45.3 Å². The second-order valence-electron chi connectivity index (χ2n) is 18.0. The third-order valence-electron chi connectivity index (χ3n) is 10.8. The number of likely N-dealkylation sites (N-methyl/N-ethyl adjacent to an activating group) is 1. The Kier molecular flexibility index (Phi) is 29.3. The monoisotopic (exact) mass is 1050 g/mol. The van der Waals surface area contributed by atoms with Crippen molar-refractivity contribution >= 4 is 7.82 Å². The predicted octanol–water partition coefficient (Wildman–Crippen LogP) is 14.8. The van der Waals surface area contributed by atoms with Crippen LogP contribution in [0, 0.1) is 0 Å². The van der Waals surface area contributed by atoms with E-state index in [1.807, 2.05) is 21.1 Å². The highest BCUT2D eigenvalue weighted by Gasteiger charge is 2.95. The number of rotatable bonds is 42. The Balaban J connectivity index is 4.84. The summed E-state index contributed by atoms with van der Waals surface area (Å²) >= 11 is 0. The molecule has 0 heterocycles. The molecular formula is C43H71F17NO6P. The van der Waals surface area contributed by atoms with Crippen LogP contribution >= 0.6 is 7.82 Å². The van der Waals surface area contributed by atoms with Gasteiger partial charge in [0.25, 0.3) is 7.82 Å². The van der Waals surface area contributed by atoms with E-state index in [2.05, 4.69) is 6.92 Å². The summed E-state index contributed by atoms with van der Waals surface area (Å²) in [5.41, 5.74) is 0. The number of phosphoric ester groups is 1. The Hall–Kier alpha value is -1.46. The summed E-state index contributed by atoms with van der Waals surface area (Å²) in [5, 5.41) is 0. The van der Waals surface area contributed by atoms with E-state index in [4.69, 9.17) is 18.5 Å². The van der Waals surface area contributed by atoms with E-state index in [1.165, 1.54) is 64.2 Å². The maximum absolute atomic E-state index is 14.1. The van der Waals surface area contributed by atoms with Gasteiger partial charge in [-0.3, -0.25) is 4.57 Å². The maximum atomic E-state index is 14.1. The first-order valence-electron chi connectivity index (χ1n) is 23.1. The fourth-order valence-corrected chi connectivity index (χ4v) is 7.13. The third kappa shape index (κ3) is 21.7. The molecule has 0 bridgehead atoms. The van der Waals surface area contributed by atoms with E-state index in [0.717, 1.165) is 25.7 Å². The van der Waals surface area contributed by atoms with Gasteiger partial charge in [0.15, 0.2) is 0 Å². The Bertz CT molecular complexity index is 1430. The van der Waals surface area contributed by atoms with Crippen LogP contribution in [0.3, 0.4) is 0 Å². The van der Waals surface area contributed by atoms with Crippen LogP contribution in [0.25, 0.3) is 0 Å². The quantitative estimate of drug-likeness (QED) is 0.0199. The largest absolute Gasteiger partial charge is 0.756 e. The molecular weight excluding hydrogens is 980 g/mol. The third-order valence-corrected chi connectivity index (χ3v) is 11.8. The van der Waals surface area contributed by atoms with Crippen molar-refractivity contribution in [1.82, 2.24) is 0 Å². The molecule has 2 atom stereocenters. The lowest BCUT2D eigenvalue weighted by Crippen LogP contribution is -2.74. The number of unbranched alkanes of at least 4 members (excludes halogenated alkanes) is 20. The first-order chi connectivity index (χ1) is 31.1. The van der Waals surface area contributed by atoms with Crippen LogP contribution < -0.4 is 4.89 Å². The highest BCUT2D eigenvalue weighted by molar-refractivity contribution is 7.45. The molecule has 68 heavy (non-hydrogen) atoms. The van der Waals surface area contributed by atoms with E-state index in [9.17, 15) is 84.1 Å². The molecule has 25 heteroatoms. The van der Waals surface area contributed by atoms with Crippen molar-refractivity contribution < 1.29 is 107 Å². The topological polar surface area (TPSA) is 77.1 Å². The molecule has 0 aliphatic carbocycles. The zero-order valence-corrected chi connectivity index (χ0v) is 40.2. The lowest BCUT2D eigenvalue weighted by atomic mass is 9.89. The minimum atomic E-state index is -8.65. The van der Waals surface area contributed by atoms with Crippen molar-refractivity contribution in [3.63, 3.8) is 0 Å². The number of allylic oxidation sites excluding steroid dienone is 2. The fraction of sp³-hybridized carbons (Fsp3) is 0.953. The van der Waals surface area contributed by atoms with Crippen molar-refractivity contribution in [2.75, 3.05) is 60.7 Å². The van der Waals surface area contributed by atoms with Crippen LogP contribution in [0.5, 0.6) is 0 Å². The van der Waals surface area contributed by atoms with E-state index < -0.39 is 74.1 Å². The Morgan fingerprint density at radius 3 is 1.29 bits per heavy atom. The minimum absolute atomic E-state index is 0.0132. The van der Waals surface area contributed by atoms with Crippen LogP contribution in [-0.2, 0) is 23.1 Å². The van der Waals surface area contributed by atoms with Gasteiger partial charge in [-0.2, -0.15) is 74.6 Å². The van der Waals surface area contributed by atoms with Gasteiger partial charge in [-0.1, -0.05) is 129 Å². The standard InChI is InChI=1S/C43H71F17NO6P/c1-5-6-7-8-9-10-11-12-13-14-18-21-24-27-31-65-35(34-67-68(62,63)66-32-29-61(2,3)4)33-64-30-26-23-20-17-15-16-19-22-25-28-36(44,45)37(46,47)38(48,49)39(50,51)40(52,53)41(54,55)42(56,57)43(58,59)60/h25,28,35H,5-24,26-27,29-34H2,1-4H3/b28-25+/t35-/m0/s1. The zero-order chi connectivity index (χ0) is 52.6. The van der Waals surface area contributed by atoms with Crippen molar-refractivity contribution in [3.05, 3.63) is 12.2 Å². The first-order valence-corrected chi connectivity index (χ1v) is 24.5. The number of phosphoric acid groups is 1. The molecule has 0 saturated carbocycles. The molecule has 0 aromatic carbocycles. The lowest BCUT2D eigenvalue weighted by molar-refractivity contribution is -0.870. The van der Waals surface area contributed by atoms with Crippen LogP contribution in [0.4, 0.5) is 74.6 Å². The summed E-state index contributed by atoms with van der Waals surface area (Å²) in [4.78, 5) is 12.3. The van der Waals surface area contributed by atoms with Crippen molar-refractivity contribution in [2.24, 2.45) is 0 Å². The Morgan fingerprint density at radius 2 is 0.868 bits per heavy atom. The molecule has 0 rings (SSSR count). The van der Waals surface area contributed by atoms with Crippen molar-refractivity contribution in [1.29, 1.82) is 0 Å². The lowest BCUT2D eigenvalue weighted by Gasteiger charge is -2.42. The number of halogens is 17. The number of ether oxygens (including phenoxy) is 2. The molecule has 0 saturated heterocycles. The summed E-state index contributed by atoms with van der Waals surface area (Å²) in [7, 11) is 0.966. The summed E-state index contributed by atoms with van der Waals surface area (Å²) in [6.45, 7) is 2.82. The zero-order valence-electron chi connectivity index (χ0n) is 39.3.